The van der Waals surface area contributed by atoms with Crippen molar-refractivity contribution in [2.24, 2.45) is 0 Å². The molecular formula is C8H3Cl2FN2. The lowest BCUT2D eigenvalue weighted by molar-refractivity contribution is 0.636. The lowest BCUT2D eigenvalue weighted by atomic mass is 10.2. The molecule has 1 heterocycles. The highest BCUT2D eigenvalue weighted by Gasteiger charge is 2.05. The fourth-order valence-electron chi connectivity index (χ4n) is 1.05. The Morgan fingerprint density at radius 3 is 2.77 bits per heavy atom. The third kappa shape index (κ3) is 1.57. The maximum absolute atomic E-state index is 13.2. The number of hydrogen-bond acceptors (Lipinski definition) is 2. The second kappa shape index (κ2) is 3.09. The number of fused-ring (bicyclic) bond motifs is 1. The van der Waals surface area contributed by atoms with Crippen molar-refractivity contribution in [1.29, 1.82) is 0 Å². The van der Waals surface area contributed by atoms with Crippen molar-refractivity contribution in [3.05, 3.63) is 34.5 Å². The van der Waals surface area contributed by atoms with Crippen LogP contribution in [0.3, 0.4) is 0 Å². The van der Waals surface area contributed by atoms with E-state index in [0.29, 0.717) is 10.4 Å². The van der Waals surface area contributed by atoms with Crippen LogP contribution in [0, 0.1) is 5.82 Å². The second-order valence-corrected chi connectivity index (χ2v) is 3.24. The first-order valence-electron chi connectivity index (χ1n) is 3.44. The fourth-order valence-corrected chi connectivity index (χ4v) is 1.39. The van der Waals surface area contributed by atoms with Crippen LogP contribution in [0.2, 0.25) is 10.3 Å². The van der Waals surface area contributed by atoms with E-state index in [2.05, 4.69) is 9.97 Å². The minimum Gasteiger partial charge on any atom is -0.226 e. The van der Waals surface area contributed by atoms with Gasteiger partial charge in [-0.1, -0.05) is 11.6 Å². The molecule has 5 heteroatoms. The molecule has 0 atom stereocenters. The lowest BCUT2D eigenvalue weighted by Crippen LogP contribution is -1.87. The van der Waals surface area contributed by atoms with Gasteiger partial charge in [0, 0.05) is 16.6 Å². The summed E-state index contributed by atoms with van der Waals surface area (Å²) in [7, 11) is 0. The van der Waals surface area contributed by atoms with Gasteiger partial charge in [0.05, 0.1) is 0 Å². The predicted octanol–water partition coefficient (Wildman–Crippen LogP) is 3.08. The highest BCUT2D eigenvalue weighted by atomic mass is 35.5. The van der Waals surface area contributed by atoms with Crippen LogP contribution in [0.1, 0.15) is 0 Å². The molecule has 0 aliphatic heterocycles. The van der Waals surface area contributed by atoms with Crippen molar-refractivity contribution in [2.75, 3.05) is 0 Å². The Morgan fingerprint density at radius 1 is 1.23 bits per heavy atom. The van der Waals surface area contributed by atoms with Crippen LogP contribution < -0.4 is 0 Å². The number of rotatable bonds is 0. The zero-order valence-corrected chi connectivity index (χ0v) is 7.77. The molecule has 0 N–H and O–H groups in total. The molecule has 0 aliphatic carbocycles. The first-order chi connectivity index (χ1) is 6.16. The average molecular weight is 217 g/mol. The third-order valence-corrected chi connectivity index (χ3v) is 1.97. The van der Waals surface area contributed by atoms with E-state index in [9.17, 15) is 4.39 Å². The molecule has 0 spiro atoms. The van der Waals surface area contributed by atoms with Crippen LogP contribution >= 0.6 is 23.2 Å². The Balaban J connectivity index is 2.87. The monoisotopic (exact) mass is 216 g/mol. The van der Waals surface area contributed by atoms with Crippen molar-refractivity contribution in [3.8, 4) is 0 Å². The Labute approximate surface area is 83.3 Å². The van der Waals surface area contributed by atoms with Crippen molar-refractivity contribution < 1.29 is 4.39 Å². The van der Waals surface area contributed by atoms with Gasteiger partial charge in [0.25, 0.3) is 0 Å². The van der Waals surface area contributed by atoms with Crippen LogP contribution in [0.25, 0.3) is 10.9 Å². The number of benzene rings is 1. The molecule has 0 aliphatic rings. The summed E-state index contributed by atoms with van der Waals surface area (Å²) >= 11 is 11.1. The van der Waals surface area contributed by atoms with Crippen molar-refractivity contribution in [2.45, 2.75) is 0 Å². The van der Waals surface area contributed by atoms with E-state index >= 15 is 0 Å². The number of aromatic nitrogens is 2. The van der Waals surface area contributed by atoms with E-state index < -0.39 is 5.82 Å². The molecule has 0 unspecified atom stereocenters. The molecule has 1 aromatic heterocycles. The summed E-state index contributed by atoms with van der Waals surface area (Å²) in [5.41, 5.74) is 0.185. The lowest BCUT2D eigenvalue weighted by Gasteiger charge is -1.98. The zero-order chi connectivity index (χ0) is 9.42. The van der Waals surface area contributed by atoms with Gasteiger partial charge in [0.15, 0.2) is 5.82 Å². The first-order valence-corrected chi connectivity index (χ1v) is 4.20. The maximum Gasteiger partial charge on any atom is 0.223 e. The number of nitrogens with zero attached hydrogens (tertiary/aromatic N) is 2. The molecule has 2 aromatic rings. The summed E-state index contributed by atoms with van der Waals surface area (Å²) in [5.74, 6) is -0.494. The Morgan fingerprint density at radius 2 is 2.00 bits per heavy atom. The van der Waals surface area contributed by atoms with Crippen molar-refractivity contribution in [3.63, 3.8) is 0 Å². The molecule has 0 saturated heterocycles. The van der Waals surface area contributed by atoms with Crippen LogP contribution in [0.15, 0.2) is 18.3 Å². The smallest absolute Gasteiger partial charge is 0.223 e. The fraction of sp³-hybridized carbons (Fsp3) is 0. The van der Waals surface area contributed by atoms with Crippen molar-refractivity contribution in [1.82, 2.24) is 9.97 Å². The second-order valence-electron chi connectivity index (χ2n) is 2.46. The molecule has 66 valence electrons. The normalized spacial score (nSPS) is 10.7. The molecule has 0 bridgehead atoms. The summed E-state index contributed by atoms with van der Waals surface area (Å²) in [6.45, 7) is 0. The minimum absolute atomic E-state index is 0.0220. The molecule has 1 aromatic carbocycles. The molecule has 0 amide bonds. The summed E-state index contributed by atoms with van der Waals surface area (Å²) in [6, 6.07) is 2.77. The molecule has 0 saturated carbocycles. The highest BCUT2D eigenvalue weighted by Crippen LogP contribution is 2.21. The van der Waals surface area contributed by atoms with Gasteiger partial charge < -0.3 is 0 Å². The van der Waals surface area contributed by atoms with Crippen LogP contribution in [0.5, 0.6) is 0 Å². The third-order valence-electron chi connectivity index (χ3n) is 1.57. The summed E-state index contributed by atoms with van der Waals surface area (Å²) in [5, 5.41) is 0.874. The quantitative estimate of drug-likeness (QED) is 0.633. The van der Waals surface area contributed by atoms with Crippen LogP contribution in [0.4, 0.5) is 4.39 Å². The van der Waals surface area contributed by atoms with E-state index in [-0.39, 0.29) is 10.8 Å². The van der Waals surface area contributed by atoms with Gasteiger partial charge in [-0.15, -0.1) is 0 Å². The first kappa shape index (κ1) is 8.66. The minimum atomic E-state index is -0.494. The Bertz CT molecular complexity index is 473. The Kier molecular flexibility index (Phi) is 2.06. The summed E-state index contributed by atoms with van der Waals surface area (Å²) < 4.78 is 13.2. The highest BCUT2D eigenvalue weighted by molar-refractivity contribution is 6.31. The van der Waals surface area contributed by atoms with Crippen molar-refractivity contribution >= 4 is 34.1 Å². The largest absolute Gasteiger partial charge is 0.226 e. The van der Waals surface area contributed by atoms with Gasteiger partial charge in [0.1, 0.15) is 5.52 Å². The topological polar surface area (TPSA) is 25.8 Å². The van der Waals surface area contributed by atoms with E-state index in [1.807, 2.05) is 0 Å². The standard InChI is InChI=1S/C8H3Cl2FN2/c9-5-1-4-3-12-8(10)13-7(4)6(11)2-5/h1-3H. The van der Waals surface area contributed by atoms with Gasteiger partial charge in [-0.25, -0.2) is 14.4 Å². The summed E-state index contributed by atoms with van der Waals surface area (Å²) in [6.07, 6.45) is 1.43. The van der Waals surface area contributed by atoms with Gasteiger partial charge in [-0.2, -0.15) is 0 Å². The van der Waals surface area contributed by atoms with Gasteiger partial charge >= 0.3 is 0 Å². The van der Waals surface area contributed by atoms with E-state index in [1.165, 1.54) is 12.3 Å². The van der Waals surface area contributed by atoms with Crippen LogP contribution in [-0.4, -0.2) is 9.97 Å². The van der Waals surface area contributed by atoms with Gasteiger partial charge in [0.2, 0.25) is 5.28 Å². The van der Waals surface area contributed by atoms with E-state index in [1.54, 1.807) is 6.07 Å². The van der Waals surface area contributed by atoms with E-state index in [0.717, 1.165) is 0 Å². The average Bonchev–Trinajstić information content (AvgIpc) is 2.06. The van der Waals surface area contributed by atoms with Crippen LogP contribution in [-0.2, 0) is 0 Å². The number of hydrogen-bond donors (Lipinski definition) is 0. The molecule has 13 heavy (non-hydrogen) atoms. The zero-order valence-electron chi connectivity index (χ0n) is 6.26. The maximum atomic E-state index is 13.2. The van der Waals surface area contributed by atoms with E-state index in [4.69, 9.17) is 23.2 Å². The molecular weight excluding hydrogens is 214 g/mol. The number of halogens is 3. The molecule has 0 radical (unpaired) electrons. The molecule has 0 fully saturated rings. The molecule has 2 rings (SSSR count). The van der Waals surface area contributed by atoms with Gasteiger partial charge in [-0.05, 0) is 23.7 Å². The SMILES string of the molecule is Fc1cc(Cl)cc2cnc(Cl)nc12. The Hall–Kier alpha value is -0.930. The molecule has 2 nitrogen and oxygen atoms in total. The predicted molar refractivity (Wildman–Crippen MR) is 49.5 cm³/mol. The van der Waals surface area contributed by atoms with Gasteiger partial charge in [-0.3, -0.25) is 0 Å². The summed E-state index contributed by atoms with van der Waals surface area (Å²) in [4.78, 5) is 7.46.